The Bertz CT molecular complexity index is 607. The van der Waals surface area contributed by atoms with Gasteiger partial charge in [-0.05, 0) is 24.1 Å². The number of rotatable bonds is 3. The van der Waals surface area contributed by atoms with Crippen LogP contribution in [0, 0.1) is 5.41 Å². The first-order chi connectivity index (χ1) is 9.75. The molecule has 0 bridgehead atoms. The number of nitrogens with two attached hydrogens (primary N) is 1. The molecule has 1 saturated heterocycles. The van der Waals surface area contributed by atoms with Crippen LogP contribution in [0.5, 0.6) is 0 Å². The van der Waals surface area contributed by atoms with E-state index in [1.165, 1.54) is 5.56 Å². The fraction of sp³-hybridized carbons (Fsp3) is 0.235. The molecule has 2 aromatic rings. The van der Waals surface area contributed by atoms with Crippen molar-refractivity contribution in [1.82, 2.24) is 0 Å². The summed E-state index contributed by atoms with van der Waals surface area (Å²) in [6.45, 7) is 2.01. The van der Waals surface area contributed by atoms with E-state index in [2.05, 4.69) is 41.3 Å². The fourth-order valence-corrected chi connectivity index (χ4v) is 2.95. The predicted octanol–water partition coefficient (Wildman–Crippen LogP) is 2.96. The summed E-state index contributed by atoms with van der Waals surface area (Å²) in [5.41, 5.74) is 9.00. The molecule has 3 rings (SSSR count). The summed E-state index contributed by atoms with van der Waals surface area (Å²) in [7, 11) is 0. The molecule has 1 atom stereocenters. The van der Waals surface area contributed by atoms with Crippen LogP contribution >= 0.6 is 0 Å². The Kier molecular flexibility index (Phi) is 3.42. The van der Waals surface area contributed by atoms with Crippen LogP contribution in [0.3, 0.4) is 0 Å². The first kappa shape index (κ1) is 12.7. The molecule has 3 N–H and O–H groups in total. The summed E-state index contributed by atoms with van der Waals surface area (Å²) in [5, 5.41) is 7.71. The van der Waals surface area contributed by atoms with Gasteiger partial charge in [0.05, 0.1) is 0 Å². The van der Waals surface area contributed by atoms with Gasteiger partial charge in [0, 0.05) is 30.3 Å². The van der Waals surface area contributed by atoms with Crippen molar-refractivity contribution in [1.29, 1.82) is 5.41 Å². The fourth-order valence-electron chi connectivity index (χ4n) is 2.95. The Morgan fingerprint density at radius 2 is 1.75 bits per heavy atom. The maximum atomic E-state index is 7.71. The van der Waals surface area contributed by atoms with Gasteiger partial charge in [0.2, 0.25) is 0 Å². The minimum Gasteiger partial charge on any atom is -0.384 e. The van der Waals surface area contributed by atoms with Gasteiger partial charge in [-0.15, -0.1) is 0 Å². The molecule has 0 aliphatic carbocycles. The molecule has 3 nitrogen and oxygen atoms in total. The number of hydrogen-bond acceptors (Lipinski definition) is 2. The average molecular weight is 265 g/mol. The van der Waals surface area contributed by atoms with Crippen molar-refractivity contribution in [3.8, 4) is 0 Å². The maximum Gasteiger partial charge on any atom is 0.124 e. The highest BCUT2D eigenvalue weighted by atomic mass is 15.2. The van der Waals surface area contributed by atoms with Crippen LogP contribution in [0.25, 0.3) is 0 Å². The van der Waals surface area contributed by atoms with Crippen LogP contribution in [-0.4, -0.2) is 18.9 Å². The first-order valence-electron chi connectivity index (χ1n) is 6.99. The third-order valence-corrected chi connectivity index (χ3v) is 3.99. The Labute approximate surface area is 119 Å². The van der Waals surface area contributed by atoms with Gasteiger partial charge in [0.1, 0.15) is 5.84 Å². The SMILES string of the molecule is N=C(N)c1ccccc1N1CCC(c2ccccc2)C1. The second kappa shape index (κ2) is 5.37. The quantitative estimate of drug-likeness (QED) is 0.662. The van der Waals surface area contributed by atoms with Crippen LogP contribution in [-0.2, 0) is 0 Å². The molecule has 2 aromatic carbocycles. The van der Waals surface area contributed by atoms with Gasteiger partial charge in [-0.2, -0.15) is 0 Å². The van der Waals surface area contributed by atoms with Gasteiger partial charge in [-0.25, -0.2) is 0 Å². The van der Waals surface area contributed by atoms with Crippen molar-refractivity contribution in [3.05, 3.63) is 65.7 Å². The molecule has 3 heteroatoms. The number of anilines is 1. The number of nitrogens with one attached hydrogen (secondary N) is 1. The van der Waals surface area contributed by atoms with Gasteiger partial charge < -0.3 is 10.6 Å². The Hall–Kier alpha value is -2.29. The average Bonchev–Trinajstić information content (AvgIpc) is 2.98. The molecule has 20 heavy (non-hydrogen) atoms. The zero-order valence-electron chi connectivity index (χ0n) is 11.4. The molecule has 1 aliphatic heterocycles. The van der Waals surface area contributed by atoms with Gasteiger partial charge in [-0.1, -0.05) is 42.5 Å². The highest BCUT2D eigenvalue weighted by Gasteiger charge is 2.25. The third-order valence-electron chi connectivity index (χ3n) is 3.99. The summed E-state index contributed by atoms with van der Waals surface area (Å²) >= 11 is 0. The highest BCUT2D eigenvalue weighted by Crippen LogP contribution is 2.32. The molecular weight excluding hydrogens is 246 g/mol. The van der Waals surface area contributed by atoms with E-state index in [0.717, 1.165) is 30.8 Å². The largest absolute Gasteiger partial charge is 0.384 e. The van der Waals surface area contributed by atoms with Crippen molar-refractivity contribution < 1.29 is 0 Å². The van der Waals surface area contributed by atoms with Crippen molar-refractivity contribution in [2.45, 2.75) is 12.3 Å². The van der Waals surface area contributed by atoms with E-state index >= 15 is 0 Å². The van der Waals surface area contributed by atoms with Crippen molar-refractivity contribution in [3.63, 3.8) is 0 Å². The normalized spacial score (nSPS) is 18.2. The molecule has 1 fully saturated rings. The second-order valence-corrected chi connectivity index (χ2v) is 5.27. The van der Waals surface area contributed by atoms with E-state index in [9.17, 15) is 0 Å². The summed E-state index contributed by atoms with van der Waals surface area (Å²) in [6.07, 6.45) is 1.15. The molecule has 0 spiro atoms. The van der Waals surface area contributed by atoms with Crippen molar-refractivity contribution >= 4 is 11.5 Å². The molecule has 0 radical (unpaired) electrons. The third kappa shape index (κ3) is 2.39. The lowest BCUT2D eigenvalue weighted by Gasteiger charge is -2.21. The zero-order valence-corrected chi connectivity index (χ0v) is 11.4. The summed E-state index contributed by atoms with van der Waals surface area (Å²) in [6, 6.07) is 18.6. The predicted molar refractivity (Wildman–Crippen MR) is 83.5 cm³/mol. The number of amidine groups is 1. The number of hydrogen-bond donors (Lipinski definition) is 2. The lowest BCUT2D eigenvalue weighted by atomic mass is 9.99. The molecule has 1 aliphatic rings. The number of nitrogens with zero attached hydrogens (tertiary/aromatic N) is 1. The van der Waals surface area contributed by atoms with Crippen LogP contribution < -0.4 is 10.6 Å². The van der Waals surface area contributed by atoms with E-state index in [-0.39, 0.29) is 5.84 Å². The lowest BCUT2D eigenvalue weighted by Crippen LogP contribution is -2.23. The first-order valence-corrected chi connectivity index (χ1v) is 6.99. The zero-order chi connectivity index (χ0) is 13.9. The van der Waals surface area contributed by atoms with Crippen molar-refractivity contribution in [2.75, 3.05) is 18.0 Å². The standard InChI is InChI=1S/C17H19N3/c18-17(19)15-8-4-5-9-16(15)20-11-10-14(12-20)13-6-2-1-3-7-13/h1-9,14H,10-12H2,(H3,18,19). The molecule has 0 aromatic heterocycles. The second-order valence-electron chi connectivity index (χ2n) is 5.27. The summed E-state index contributed by atoms with van der Waals surface area (Å²) in [4.78, 5) is 2.34. The minimum absolute atomic E-state index is 0.142. The van der Waals surface area contributed by atoms with Crippen LogP contribution in [0.15, 0.2) is 54.6 Å². The minimum atomic E-state index is 0.142. The summed E-state index contributed by atoms with van der Waals surface area (Å²) in [5.74, 6) is 0.708. The van der Waals surface area contributed by atoms with E-state index in [0.29, 0.717) is 5.92 Å². The number of nitrogen functional groups attached to an aromatic ring is 1. The monoisotopic (exact) mass is 265 g/mol. The molecule has 0 amide bonds. The summed E-state index contributed by atoms with van der Waals surface area (Å²) < 4.78 is 0. The van der Waals surface area contributed by atoms with E-state index in [1.807, 2.05) is 18.2 Å². The number of para-hydroxylation sites is 1. The Balaban J connectivity index is 1.83. The molecular formula is C17H19N3. The number of benzene rings is 2. The molecule has 1 unspecified atom stereocenters. The Morgan fingerprint density at radius 3 is 2.50 bits per heavy atom. The smallest absolute Gasteiger partial charge is 0.124 e. The van der Waals surface area contributed by atoms with Crippen LogP contribution in [0.4, 0.5) is 5.69 Å². The molecule has 0 saturated carbocycles. The van der Waals surface area contributed by atoms with E-state index in [1.54, 1.807) is 0 Å². The lowest BCUT2D eigenvalue weighted by molar-refractivity contribution is 0.775. The van der Waals surface area contributed by atoms with Crippen LogP contribution in [0.1, 0.15) is 23.5 Å². The van der Waals surface area contributed by atoms with Crippen LogP contribution in [0.2, 0.25) is 0 Å². The van der Waals surface area contributed by atoms with E-state index in [4.69, 9.17) is 11.1 Å². The molecule has 1 heterocycles. The topological polar surface area (TPSA) is 53.1 Å². The maximum absolute atomic E-state index is 7.71. The molecule has 102 valence electrons. The van der Waals surface area contributed by atoms with E-state index < -0.39 is 0 Å². The van der Waals surface area contributed by atoms with Gasteiger partial charge in [0.15, 0.2) is 0 Å². The van der Waals surface area contributed by atoms with Gasteiger partial charge >= 0.3 is 0 Å². The van der Waals surface area contributed by atoms with Gasteiger partial charge in [-0.3, -0.25) is 5.41 Å². The van der Waals surface area contributed by atoms with Gasteiger partial charge in [0.25, 0.3) is 0 Å². The Morgan fingerprint density at radius 1 is 1.05 bits per heavy atom. The highest BCUT2D eigenvalue weighted by molar-refractivity contribution is 6.00. The van der Waals surface area contributed by atoms with Crippen molar-refractivity contribution in [2.24, 2.45) is 5.73 Å².